The number of piperazine rings is 1. The molecule has 0 unspecified atom stereocenters. The number of nitrogens with zero attached hydrogens (tertiary/aromatic N) is 4. The van der Waals surface area contributed by atoms with Gasteiger partial charge in [0.2, 0.25) is 5.95 Å². The van der Waals surface area contributed by atoms with E-state index in [0.717, 1.165) is 55.9 Å². The van der Waals surface area contributed by atoms with Gasteiger partial charge in [-0.15, -0.1) is 0 Å². The molecule has 1 aliphatic rings. The van der Waals surface area contributed by atoms with Crippen molar-refractivity contribution in [2.45, 2.75) is 20.4 Å². The van der Waals surface area contributed by atoms with Crippen LogP contribution in [-0.4, -0.2) is 36.1 Å². The molecule has 1 fully saturated rings. The highest BCUT2D eigenvalue weighted by molar-refractivity contribution is 5.50. The predicted molar refractivity (Wildman–Crippen MR) is 116 cm³/mol. The number of halogens is 1. The van der Waals surface area contributed by atoms with E-state index < -0.39 is 0 Å². The molecule has 2 heterocycles. The van der Waals surface area contributed by atoms with Gasteiger partial charge in [0.05, 0.1) is 0 Å². The van der Waals surface area contributed by atoms with E-state index in [4.69, 9.17) is 4.98 Å². The van der Waals surface area contributed by atoms with Crippen LogP contribution in [0.5, 0.6) is 0 Å². The Morgan fingerprint density at radius 3 is 2.31 bits per heavy atom. The third-order valence-electron chi connectivity index (χ3n) is 5.32. The molecule has 0 saturated carbocycles. The molecule has 1 N–H and O–H groups in total. The minimum absolute atomic E-state index is 0.203. The number of hydrogen-bond donors (Lipinski definition) is 1. The molecule has 1 aromatic heterocycles. The predicted octanol–water partition coefficient (Wildman–Crippen LogP) is 4.17. The van der Waals surface area contributed by atoms with Crippen molar-refractivity contribution in [3.05, 3.63) is 77.2 Å². The molecule has 1 aliphatic heterocycles. The second kappa shape index (κ2) is 8.47. The van der Waals surface area contributed by atoms with Crippen molar-refractivity contribution in [2.75, 3.05) is 41.3 Å². The lowest BCUT2D eigenvalue weighted by Gasteiger charge is -2.36. The van der Waals surface area contributed by atoms with Crippen molar-refractivity contribution in [3.63, 3.8) is 0 Å². The number of aryl methyl sites for hydroxylation is 2. The summed E-state index contributed by atoms with van der Waals surface area (Å²) in [5.74, 6) is 1.40. The van der Waals surface area contributed by atoms with Crippen molar-refractivity contribution >= 4 is 17.5 Å². The van der Waals surface area contributed by atoms with Crippen molar-refractivity contribution in [1.82, 2.24) is 9.97 Å². The molecule has 0 aliphatic carbocycles. The minimum Gasteiger partial charge on any atom is -0.368 e. The zero-order valence-corrected chi connectivity index (χ0v) is 16.9. The first kappa shape index (κ1) is 19.2. The van der Waals surface area contributed by atoms with Gasteiger partial charge in [-0.05, 0) is 49.2 Å². The molecule has 3 aromatic rings. The number of anilines is 3. The normalized spacial score (nSPS) is 14.2. The molecule has 1 saturated heterocycles. The fourth-order valence-electron chi connectivity index (χ4n) is 3.60. The zero-order valence-electron chi connectivity index (χ0n) is 16.9. The Morgan fingerprint density at radius 1 is 0.897 bits per heavy atom. The third kappa shape index (κ3) is 4.65. The van der Waals surface area contributed by atoms with Crippen molar-refractivity contribution < 1.29 is 4.39 Å². The smallest absolute Gasteiger partial charge is 0.227 e. The Balaban J connectivity index is 1.41. The van der Waals surface area contributed by atoms with E-state index in [0.29, 0.717) is 0 Å². The average molecular weight is 391 g/mol. The van der Waals surface area contributed by atoms with Gasteiger partial charge in [-0.2, -0.15) is 4.98 Å². The summed E-state index contributed by atoms with van der Waals surface area (Å²) >= 11 is 0. The third-order valence-corrected chi connectivity index (χ3v) is 5.32. The average Bonchev–Trinajstić information content (AvgIpc) is 2.73. The first-order valence-electron chi connectivity index (χ1n) is 9.98. The van der Waals surface area contributed by atoms with Gasteiger partial charge in [-0.3, -0.25) is 0 Å². The van der Waals surface area contributed by atoms with E-state index in [1.54, 1.807) is 0 Å². The molecule has 0 spiro atoms. The molecule has 6 heteroatoms. The summed E-state index contributed by atoms with van der Waals surface area (Å²) in [5.41, 5.74) is 4.53. The molecular weight excluding hydrogens is 365 g/mol. The monoisotopic (exact) mass is 391 g/mol. The van der Waals surface area contributed by atoms with Crippen molar-refractivity contribution in [1.29, 1.82) is 0 Å². The van der Waals surface area contributed by atoms with E-state index >= 15 is 0 Å². The lowest BCUT2D eigenvalue weighted by Crippen LogP contribution is -2.47. The number of hydrogen-bond acceptors (Lipinski definition) is 5. The molecule has 0 amide bonds. The van der Waals surface area contributed by atoms with Crippen molar-refractivity contribution in [2.24, 2.45) is 0 Å². The standard InChI is InChI=1S/C23H26FN5/c1-17-5-3-4-6-19(17)16-25-22-15-18(2)26-23(27-22)29-13-11-28(12-14-29)21-9-7-20(24)8-10-21/h3-10,15H,11-14,16H2,1-2H3,(H,25,26,27). The van der Waals surface area contributed by atoms with Gasteiger partial charge in [0.15, 0.2) is 0 Å². The van der Waals surface area contributed by atoms with Crippen LogP contribution in [0.1, 0.15) is 16.8 Å². The lowest BCUT2D eigenvalue weighted by atomic mass is 10.1. The van der Waals surface area contributed by atoms with Gasteiger partial charge < -0.3 is 15.1 Å². The zero-order chi connectivity index (χ0) is 20.2. The first-order chi connectivity index (χ1) is 14.1. The summed E-state index contributed by atoms with van der Waals surface area (Å²) in [5, 5.41) is 3.44. The quantitative estimate of drug-likeness (QED) is 0.707. The molecule has 5 nitrogen and oxygen atoms in total. The highest BCUT2D eigenvalue weighted by Gasteiger charge is 2.20. The van der Waals surface area contributed by atoms with Gasteiger partial charge in [0.25, 0.3) is 0 Å². The fraction of sp³-hybridized carbons (Fsp3) is 0.304. The van der Waals surface area contributed by atoms with Crippen LogP contribution in [0.4, 0.5) is 21.8 Å². The van der Waals surface area contributed by atoms with Gasteiger partial charge >= 0.3 is 0 Å². The van der Waals surface area contributed by atoms with Gasteiger partial charge in [0.1, 0.15) is 11.6 Å². The van der Waals surface area contributed by atoms with Gasteiger partial charge in [0, 0.05) is 50.2 Å². The van der Waals surface area contributed by atoms with E-state index in [1.165, 1.54) is 23.3 Å². The number of aromatic nitrogens is 2. The molecule has 4 rings (SSSR count). The van der Waals surface area contributed by atoms with Crippen LogP contribution in [-0.2, 0) is 6.54 Å². The SMILES string of the molecule is Cc1cc(NCc2ccccc2C)nc(N2CCN(c3ccc(F)cc3)CC2)n1. The van der Waals surface area contributed by atoms with Crippen LogP contribution < -0.4 is 15.1 Å². The van der Waals surface area contributed by atoms with E-state index in [9.17, 15) is 4.39 Å². The largest absolute Gasteiger partial charge is 0.368 e. The minimum atomic E-state index is -0.203. The first-order valence-corrected chi connectivity index (χ1v) is 9.98. The summed E-state index contributed by atoms with van der Waals surface area (Å²) in [7, 11) is 0. The maximum absolute atomic E-state index is 13.2. The summed E-state index contributed by atoms with van der Waals surface area (Å²) in [6.45, 7) is 8.23. The second-order valence-electron chi connectivity index (χ2n) is 7.43. The molecule has 0 radical (unpaired) electrons. The molecule has 150 valence electrons. The highest BCUT2D eigenvalue weighted by atomic mass is 19.1. The highest BCUT2D eigenvalue weighted by Crippen LogP contribution is 2.20. The summed E-state index contributed by atoms with van der Waals surface area (Å²) in [6.07, 6.45) is 0. The number of benzene rings is 2. The molecule has 0 bridgehead atoms. The molecule has 29 heavy (non-hydrogen) atoms. The Labute approximate surface area is 171 Å². The number of nitrogens with one attached hydrogen (secondary N) is 1. The van der Waals surface area contributed by atoms with E-state index in [-0.39, 0.29) is 5.82 Å². The Kier molecular flexibility index (Phi) is 5.60. The Hall–Kier alpha value is -3.15. The van der Waals surface area contributed by atoms with Crippen LogP contribution in [0.25, 0.3) is 0 Å². The van der Waals surface area contributed by atoms with Gasteiger partial charge in [-0.25, -0.2) is 9.37 Å². The molecule has 2 aromatic carbocycles. The van der Waals surface area contributed by atoms with E-state index in [2.05, 4.69) is 51.3 Å². The Morgan fingerprint density at radius 2 is 1.59 bits per heavy atom. The van der Waals surface area contributed by atoms with Crippen molar-refractivity contribution in [3.8, 4) is 0 Å². The fourth-order valence-corrected chi connectivity index (χ4v) is 3.60. The molecular formula is C23H26FN5. The Bertz CT molecular complexity index is 965. The summed E-state index contributed by atoms with van der Waals surface area (Å²) in [6, 6.07) is 17.0. The van der Waals surface area contributed by atoms with Crippen LogP contribution in [0.2, 0.25) is 0 Å². The topological polar surface area (TPSA) is 44.3 Å². The van der Waals surface area contributed by atoms with Crippen LogP contribution >= 0.6 is 0 Å². The summed E-state index contributed by atoms with van der Waals surface area (Å²) < 4.78 is 13.2. The number of rotatable bonds is 5. The van der Waals surface area contributed by atoms with Crippen LogP contribution in [0.3, 0.4) is 0 Å². The maximum atomic E-state index is 13.2. The van der Waals surface area contributed by atoms with Crippen LogP contribution in [0.15, 0.2) is 54.6 Å². The second-order valence-corrected chi connectivity index (χ2v) is 7.43. The van der Waals surface area contributed by atoms with E-state index in [1.807, 2.05) is 25.1 Å². The lowest BCUT2D eigenvalue weighted by molar-refractivity contribution is 0.623. The van der Waals surface area contributed by atoms with Crippen LogP contribution in [0, 0.1) is 19.7 Å². The summed E-state index contributed by atoms with van der Waals surface area (Å²) in [4.78, 5) is 13.9. The maximum Gasteiger partial charge on any atom is 0.227 e. The van der Waals surface area contributed by atoms with Gasteiger partial charge in [-0.1, -0.05) is 24.3 Å². The molecule has 0 atom stereocenters.